The summed E-state index contributed by atoms with van der Waals surface area (Å²) in [6.45, 7) is 3.75. The highest BCUT2D eigenvalue weighted by atomic mass is 19.1. The van der Waals surface area contributed by atoms with Crippen molar-refractivity contribution in [3.8, 4) is 17.1 Å². The quantitative estimate of drug-likeness (QED) is 0.586. The van der Waals surface area contributed by atoms with E-state index < -0.39 is 5.41 Å². The van der Waals surface area contributed by atoms with Crippen molar-refractivity contribution in [3.05, 3.63) is 59.7 Å². The molecule has 7 nitrogen and oxygen atoms in total. The van der Waals surface area contributed by atoms with Crippen molar-refractivity contribution in [1.29, 1.82) is 0 Å². The van der Waals surface area contributed by atoms with Gasteiger partial charge in [-0.1, -0.05) is 19.1 Å². The normalized spacial score (nSPS) is 11.5. The lowest BCUT2D eigenvalue weighted by atomic mass is 9.87. The van der Waals surface area contributed by atoms with Crippen LogP contribution in [0.4, 0.5) is 4.39 Å². The predicted molar refractivity (Wildman–Crippen MR) is 105 cm³/mol. The Balaban J connectivity index is 1.69. The van der Waals surface area contributed by atoms with Crippen LogP contribution in [0.3, 0.4) is 0 Å². The van der Waals surface area contributed by atoms with Gasteiger partial charge in [-0.3, -0.25) is 4.79 Å². The highest BCUT2D eigenvalue weighted by Crippen LogP contribution is 2.24. The van der Waals surface area contributed by atoms with Gasteiger partial charge in [0.2, 0.25) is 5.88 Å². The highest BCUT2D eigenvalue weighted by Gasteiger charge is 2.22. The van der Waals surface area contributed by atoms with E-state index in [1.807, 2.05) is 13.8 Å². The average Bonchev–Trinajstić information content (AvgIpc) is 3.07. The summed E-state index contributed by atoms with van der Waals surface area (Å²) in [6.07, 6.45) is 1.70. The monoisotopic (exact) mass is 398 g/mol. The maximum absolute atomic E-state index is 13.2. The lowest BCUT2D eigenvalue weighted by Gasteiger charge is -2.20. The standard InChI is InChI=1S/C21H23FN4O3/c1-21(2,13-27)10-18(28)15-6-9-19(23-11-15)29-12-17-20(24-25-26(17)3)14-4-7-16(22)8-5-14/h4-9,11,27H,10,12-13H2,1-3H3. The van der Waals surface area contributed by atoms with Crippen LogP contribution in [-0.4, -0.2) is 37.5 Å². The molecule has 0 spiro atoms. The molecule has 1 N–H and O–H groups in total. The molecule has 1 aromatic carbocycles. The number of aryl methyl sites for hydroxylation is 1. The fourth-order valence-electron chi connectivity index (χ4n) is 2.74. The molecule has 0 saturated carbocycles. The maximum Gasteiger partial charge on any atom is 0.213 e. The van der Waals surface area contributed by atoms with Crippen LogP contribution in [0.1, 0.15) is 36.3 Å². The van der Waals surface area contributed by atoms with Gasteiger partial charge in [0, 0.05) is 43.5 Å². The van der Waals surface area contributed by atoms with Gasteiger partial charge in [-0.2, -0.15) is 0 Å². The first-order valence-corrected chi connectivity index (χ1v) is 9.16. The smallest absolute Gasteiger partial charge is 0.213 e. The molecule has 152 valence electrons. The zero-order valence-electron chi connectivity index (χ0n) is 16.6. The van der Waals surface area contributed by atoms with Gasteiger partial charge in [0.25, 0.3) is 0 Å². The second kappa shape index (κ2) is 8.48. The Labute approximate surface area is 168 Å². The number of hydrogen-bond donors (Lipinski definition) is 1. The maximum atomic E-state index is 13.2. The summed E-state index contributed by atoms with van der Waals surface area (Å²) < 4.78 is 20.5. The number of nitrogens with zero attached hydrogens (tertiary/aromatic N) is 4. The average molecular weight is 398 g/mol. The van der Waals surface area contributed by atoms with Crippen molar-refractivity contribution < 1.29 is 19.0 Å². The molecule has 0 saturated heterocycles. The van der Waals surface area contributed by atoms with Crippen LogP contribution in [0.25, 0.3) is 11.3 Å². The topological polar surface area (TPSA) is 90.1 Å². The Bertz CT molecular complexity index is 982. The first-order valence-electron chi connectivity index (χ1n) is 9.16. The Morgan fingerprint density at radius 3 is 2.55 bits per heavy atom. The number of benzene rings is 1. The molecule has 3 rings (SSSR count). The summed E-state index contributed by atoms with van der Waals surface area (Å²) in [5, 5.41) is 17.5. The number of ketones is 1. The SMILES string of the molecule is Cn1nnc(-c2ccc(F)cc2)c1COc1ccc(C(=O)CC(C)(C)CO)cn1. The fraction of sp³-hybridized carbons (Fsp3) is 0.333. The molecule has 3 aromatic rings. The van der Waals surface area contributed by atoms with Crippen LogP contribution in [0.15, 0.2) is 42.6 Å². The number of Topliss-reactive ketones (excluding diaryl/α,β-unsaturated/α-hetero) is 1. The summed E-state index contributed by atoms with van der Waals surface area (Å²) in [5.74, 6) is -0.0524. The molecular formula is C21H23FN4O3. The minimum Gasteiger partial charge on any atom is -0.471 e. The lowest BCUT2D eigenvalue weighted by Crippen LogP contribution is -2.21. The number of aromatic nitrogens is 4. The van der Waals surface area contributed by atoms with E-state index in [-0.39, 0.29) is 31.2 Å². The van der Waals surface area contributed by atoms with Crippen molar-refractivity contribution in [2.75, 3.05) is 6.61 Å². The minimum absolute atomic E-state index is 0.0670. The minimum atomic E-state index is -0.477. The third kappa shape index (κ3) is 5.03. The van der Waals surface area contributed by atoms with Gasteiger partial charge in [0.05, 0.1) is 0 Å². The van der Waals surface area contributed by atoms with E-state index in [0.29, 0.717) is 22.8 Å². The lowest BCUT2D eigenvalue weighted by molar-refractivity contribution is 0.0858. The van der Waals surface area contributed by atoms with Gasteiger partial charge in [-0.25, -0.2) is 14.1 Å². The first-order chi connectivity index (χ1) is 13.8. The molecule has 0 aliphatic rings. The predicted octanol–water partition coefficient (Wildman–Crippen LogP) is 3.19. The second-order valence-corrected chi connectivity index (χ2v) is 7.61. The summed E-state index contributed by atoms with van der Waals surface area (Å²) >= 11 is 0. The van der Waals surface area contributed by atoms with Crippen molar-refractivity contribution in [1.82, 2.24) is 20.0 Å². The molecule has 0 bridgehead atoms. The van der Waals surface area contributed by atoms with Gasteiger partial charge in [-0.05, 0) is 35.7 Å². The molecule has 8 heteroatoms. The third-order valence-electron chi connectivity index (χ3n) is 4.54. The number of pyridine rings is 1. The fourth-order valence-corrected chi connectivity index (χ4v) is 2.74. The van der Waals surface area contributed by atoms with Crippen LogP contribution >= 0.6 is 0 Å². The summed E-state index contributed by atoms with van der Waals surface area (Å²) in [6, 6.07) is 9.28. The van der Waals surface area contributed by atoms with Crippen LogP contribution < -0.4 is 4.74 Å². The molecule has 2 heterocycles. The Morgan fingerprint density at radius 1 is 1.21 bits per heavy atom. The van der Waals surface area contributed by atoms with E-state index >= 15 is 0 Å². The molecule has 0 amide bonds. The van der Waals surface area contributed by atoms with E-state index in [1.54, 1.807) is 36.0 Å². The molecular weight excluding hydrogens is 375 g/mol. The highest BCUT2D eigenvalue weighted by molar-refractivity contribution is 5.96. The van der Waals surface area contributed by atoms with E-state index in [0.717, 1.165) is 5.56 Å². The molecule has 0 aliphatic heterocycles. The zero-order chi connectivity index (χ0) is 21.0. The largest absolute Gasteiger partial charge is 0.471 e. The van der Waals surface area contributed by atoms with Gasteiger partial charge in [-0.15, -0.1) is 5.10 Å². The van der Waals surface area contributed by atoms with Gasteiger partial charge < -0.3 is 9.84 Å². The van der Waals surface area contributed by atoms with Crippen LogP contribution in [-0.2, 0) is 13.7 Å². The molecule has 0 aliphatic carbocycles. The molecule has 0 unspecified atom stereocenters. The number of aliphatic hydroxyl groups is 1. The van der Waals surface area contributed by atoms with E-state index in [9.17, 15) is 14.3 Å². The van der Waals surface area contributed by atoms with Crippen molar-refractivity contribution in [2.45, 2.75) is 26.9 Å². The van der Waals surface area contributed by atoms with Crippen LogP contribution in [0, 0.1) is 11.2 Å². The third-order valence-corrected chi connectivity index (χ3v) is 4.54. The van der Waals surface area contributed by atoms with E-state index in [1.165, 1.54) is 18.3 Å². The molecule has 29 heavy (non-hydrogen) atoms. The van der Waals surface area contributed by atoms with Crippen molar-refractivity contribution >= 4 is 5.78 Å². The number of halogens is 1. The Hall–Kier alpha value is -3.13. The van der Waals surface area contributed by atoms with E-state index in [2.05, 4.69) is 15.3 Å². The number of ether oxygens (including phenoxy) is 1. The number of aliphatic hydroxyl groups excluding tert-OH is 1. The number of carbonyl (C=O) groups excluding carboxylic acids is 1. The van der Waals surface area contributed by atoms with Crippen molar-refractivity contribution in [2.24, 2.45) is 12.5 Å². The van der Waals surface area contributed by atoms with E-state index in [4.69, 9.17) is 4.74 Å². The molecule has 2 aromatic heterocycles. The van der Waals surface area contributed by atoms with Crippen molar-refractivity contribution in [3.63, 3.8) is 0 Å². The zero-order valence-corrected chi connectivity index (χ0v) is 16.6. The van der Waals surface area contributed by atoms with Gasteiger partial charge >= 0.3 is 0 Å². The summed E-state index contributed by atoms with van der Waals surface area (Å²) in [5.41, 5.74) is 2.04. The molecule has 0 radical (unpaired) electrons. The van der Waals surface area contributed by atoms with Crippen LogP contribution in [0.5, 0.6) is 5.88 Å². The van der Waals surface area contributed by atoms with Gasteiger partial charge in [0.1, 0.15) is 23.8 Å². The summed E-state index contributed by atoms with van der Waals surface area (Å²) in [7, 11) is 1.75. The molecule has 0 fully saturated rings. The number of rotatable bonds is 8. The molecule has 0 atom stereocenters. The summed E-state index contributed by atoms with van der Waals surface area (Å²) in [4.78, 5) is 16.5. The van der Waals surface area contributed by atoms with Gasteiger partial charge in [0.15, 0.2) is 5.78 Å². The Kier molecular flexibility index (Phi) is 6.03. The van der Waals surface area contributed by atoms with Crippen LogP contribution in [0.2, 0.25) is 0 Å². The first kappa shape index (κ1) is 20.6. The Morgan fingerprint density at radius 2 is 1.93 bits per heavy atom. The number of hydrogen-bond acceptors (Lipinski definition) is 6. The number of carbonyl (C=O) groups is 1. The second-order valence-electron chi connectivity index (χ2n) is 7.61.